The molecule has 13 heavy (non-hydrogen) atoms. The highest BCUT2D eigenvalue weighted by molar-refractivity contribution is 5.93. The molecule has 1 aliphatic heterocycles. The van der Waals surface area contributed by atoms with E-state index in [4.69, 9.17) is 0 Å². The predicted molar refractivity (Wildman–Crippen MR) is 50.6 cm³/mol. The third-order valence-electron chi connectivity index (χ3n) is 2.61. The van der Waals surface area contributed by atoms with Gasteiger partial charge in [-0.1, -0.05) is 6.92 Å². The Balaban J connectivity index is 2.25. The minimum atomic E-state index is 0.0642. The molecule has 1 aromatic heterocycles. The molecular formula is C10H14N2O. The van der Waals surface area contributed by atoms with Crippen molar-refractivity contribution in [2.45, 2.75) is 32.4 Å². The largest absolute Gasteiger partial charge is 0.348 e. The molecule has 0 aliphatic carbocycles. The summed E-state index contributed by atoms with van der Waals surface area (Å²) in [6, 6.07) is 4.13. The summed E-state index contributed by atoms with van der Waals surface area (Å²) in [5.74, 6) is 0.0642. The molecule has 3 heteroatoms. The van der Waals surface area contributed by atoms with Crippen molar-refractivity contribution in [1.29, 1.82) is 0 Å². The van der Waals surface area contributed by atoms with Crippen molar-refractivity contribution < 1.29 is 4.79 Å². The van der Waals surface area contributed by atoms with E-state index in [1.807, 2.05) is 22.9 Å². The Kier molecular flexibility index (Phi) is 2.08. The first-order chi connectivity index (χ1) is 6.31. The number of nitrogens with one attached hydrogen (secondary N) is 1. The Hall–Kier alpha value is -1.25. The fourth-order valence-electron chi connectivity index (χ4n) is 1.75. The molecule has 1 aromatic rings. The summed E-state index contributed by atoms with van der Waals surface area (Å²) in [4.78, 5) is 11.6. The minimum absolute atomic E-state index is 0.0642. The molecule has 70 valence electrons. The van der Waals surface area contributed by atoms with E-state index in [-0.39, 0.29) is 5.91 Å². The maximum atomic E-state index is 11.6. The topological polar surface area (TPSA) is 34.0 Å². The van der Waals surface area contributed by atoms with Crippen LogP contribution in [0, 0.1) is 0 Å². The molecule has 1 unspecified atom stereocenters. The van der Waals surface area contributed by atoms with Gasteiger partial charge in [0.25, 0.3) is 5.91 Å². The first kappa shape index (κ1) is 8.35. The Morgan fingerprint density at radius 1 is 1.69 bits per heavy atom. The zero-order valence-corrected chi connectivity index (χ0v) is 7.79. The maximum Gasteiger partial charge on any atom is 0.268 e. The minimum Gasteiger partial charge on any atom is -0.348 e. The second-order valence-electron chi connectivity index (χ2n) is 3.45. The normalized spacial score (nSPS) is 21.9. The third-order valence-corrected chi connectivity index (χ3v) is 2.61. The highest BCUT2D eigenvalue weighted by Gasteiger charge is 2.19. The van der Waals surface area contributed by atoms with Crippen molar-refractivity contribution in [3.8, 4) is 0 Å². The van der Waals surface area contributed by atoms with Crippen LogP contribution in [0.2, 0.25) is 0 Å². The zero-order chi connectivity index (χ0) is 9.26. The van der Waals surface area contributed by atoms with E-state index in [1.54, 1.807) is 0 Å². The van der Waals surface area contributed by atoms with Crippen LogP contribution in [0.1, 0.15) is 30.3 Å². The summed E-state index contributed by atoms with van der Waals surface area (Å²) in [6.45, 7) is 3.05. The third kappa shape index (κ3) is 1.46. The smallest absolute Gasteiger partial charge is 0.268 e. The van der Waals surface area contributed by atoms with Crippen LogP contribution in [0.5, 0.6) is 0 Å². The Bertz CT molecular complexity index is 316. The number of fused-ring (bicyclic) bond motifs is 1. The summed E-state index contributed by atoms with van der Waals surface area (Å²) in [7, 11) is 0. The summed E-state index contributed by atoms with van der Waals surface area (Å²) in [5, 5.41) is 3.01. The van der Waals surface area contributed by atoms with Gasteiger partial charge < -0.3 is 9.88 Å². The average Bonchev–Trinajstić information content (AvgIpc) is 2.54. The molecule has 1 amide bonds. The van der Waals surface area contributed by atoms with Crippen LogP contribution >= 0.6 is 0 Å². The first-order valence-electron chi connectivity index (χ1n) is 4.77. The fourth-order valence-corrected chi connectivity index (χ4v) is 1.75. The van der Waals surface area contributed by atoms with Crippen LogP contribution in [0.4, 0.5) is 0 Å². The second kappa shape index (κ2) is 3.24. The molecule has 0 saturated carbocycles. The van der Waals surface area contributed by atoms with E-state index in [2.05, 4.69) is 12.2 Å². The van der Waals surface area contributed by atoms with Crippen LogP contribution in [-0.2, 0) is 6.54 Å². The number of nitrogens with zero attached hydrogens (tertiary/aromatic N) is 1. The van der Waals surface area contributed by atoms with Gasteiger partial charge in [-0.15, -0.1) is 0 Å². The molecule has 2 rings (SSSR count). The molecule has 0 fully saturated rings. The van der Waals surface area contributed by atoms with Crippen molar-refractivity contribution in [2.75, 3.05) is 0 Å². The van der Waals surface area contributed by atoms with Crippen molar-refractivity contribution in [3.05, 3.63) is 24.0 Å². The predicted octanol–water partition coefficient (Wildman–Crippen LogP) is 1.40. The van der Waals surface area contributed by atoms with Gasteiger partial charge in [-0.05, 0) is 25.0 Å². The molecule has 3 nitrogen and oxygen atoms in total. The highest BCUT2D eigenvalue weighted by atomic mass is 16.2. The van der Waals surface area contributed by atoms with E-state index in [0.29, 0.717) is 6.04 Å². The van der Waals surface area contributed by atoms with E-state index in [0.717, 1.165) is 25.1 Å². The van der Waals surface area contributed by atoms with Gasteiger partial charge in [0.1, 0.15) is 5.69 Å². The fraction of sp³-hybridized carbons (Fsp3) is 0.500. The van der Waals surface area contributed by atoms with Gasteiger partial charge in [0, 0.05) is 18.8 Å². The highest BCUT2D eigenvalue weighted by Crippen LogP contribution is 2.11. The lowest BCUT2D eigenvalue weighted by Crippen LogP contribution is -2.32. The first-order valence-corrected chi connectivity index (χ1v) is 4.77. The summed E-state index contributed by atoms with van der Waals surface area (Å²) in [6.07, 6.45) is 4.01. The Labute approximate surface area is 77.7 Å². The van der Waals surface area contributed by atoms with Crippen LogP contribution in [0.3, 0.4) is 0 Å². The molecule has 1 atom stereocenters. The van der Waals surface area contributed by atoms with Gasteiger partial charge in [0.05, 0.1) is 0 Å². The van der Waals surface area contributed by atoms with Crippen molar-refractivity contribution >= 4 is 5.91 Å². The SMILES string of the molecule is CCC1CCn2cccc2C(=O)N1. The molecule has 2 heterocycles. The summed E-state index contributed by atoms with van der Waals surface area (Å²) >= 11 is 0. The molecule has 0 bridgehead atoms. The molecule has 1 aliphatic rings. The Morgan fingerprint density at radius 2 is 2.54 bits per heavy atom. The number of carbonyl (C=O) groups is 1. The zero-order valence-electron chi connectivity index (χ0n) is 7.79. The number of aromatic nitrogens is 1. The van der Waals surface area contributed by atoms with Crippen LogP contribution in [0.15, 0.2) is 18.3 Å². The molecule has 0 radical (unpaired) electrons. The van der Waals surface area contributed by atoms with E-state index < -0.39 is 0 Å². The molecule has 0 aromatic carbocycles. The number of hydrogen-bond donors (Lipinski definition) is 1. The van der Waals surface area contributed by atoms with Gasteiger partial charge in [-0.3, -0.25) is 4.79 Å². The van der Waals surface area contributed by atoms with Crippen LogP contribution in [-0.4, -0.2) is 16.5 Å². The second-order valence-corrected chi connectivity index (χ2v) is 3.45. The van der Waals surface area contributed by atoms with Gasteiger partial charge in [0.15, 0.2) is 0 Å². The van der Waals surface area contributed by atoms with E-state index in [1.165, 1.54) is 0 Å². The van der Waals surface area contributed by atoms with Crippen LogP contribution in [0.25, 0.3) is 0 Å². The van der Waals surface area contributed by atoms with Crippen molar-refractivity contribution in [2.24, 2.45) is 0 Å². The van der Waals surface area contributed by atoms with Crippen molar-refractivity contribution in [1.82, 2.24) is 9.88 Å². The lowest BCUT2D eigenvalue weighted by molar-refractivity contribution is 0.0935. The number of carbonyl (C=O) groups excluding carboxylic acids is 1. The van der Waals surface area contributed by atoms with Gasteiger partial charge in [-0.25, -0.2) is 0 Å². The Morgan fingerprint density at radius 3 is 3.31 bits per heavy atom. The van der Waals surface area contributed by atoms with Gasteiger partial charge in [-0.2, -0.15) is 0 Å². The molecular weight excluding hydrogens is 164 g/mol. The number of hydrogen-bond acceptors (Lipinski definition) is 1. The lowest BCUT2D eigenvalue weighted by atomic mass is 10.1. The number of rotatable bonds is 1. The monoisotopic (exact) mass is 178 g/mol. The quantitative estimate of drug-likeness (QED) is 0.693. The molecule has 1 N–H and O–H groups in total. The molecule has 0 spiro atoms. The standard InChI is InChI=1S/C10H14N2O/c1-2-8-5-7-12-6-3-4-9(12)10(13)11-8/h3-4,6,8H,2,5,7H2,1H3,(H,11,13). The van der Waals surface area contributed by atoms with Gasteiger partial charge in [0.2, 0.25) is 0 Å². The van der Waals surface area contributed by atoms with Crippen molar-refractivity contribution in [3.63, 3.8) is 0 Å². The number of amides is 1. The summed E-state index contributed by atoms with van der Waals surface area (Å²) in [5.41, 5.74) is 0.788. The number of aryl methyl sites for hydroxylation is 1. The van der Waals surface area contributed by atoms with Gasteiger partial charge >= 0.3 is 0 Å². The molecule has 0 saturated heterocycles. The van der Waals surface area contributed by atoms with E-state index >= 15 is 0 Å². The van der Waals surface area contributed by atoms with E-state index in [9.17, 15) is 4.79 Å². The lowest BCUT2D eigenvalue weighted by Gasteiger charge is -2.11. The maximum absolute atomic E-state index is 11.6. The average molecular weight is 178 g/mol. The summed E-state index contributed by atoms with van der Waals surface area (Å²) < 4.78 is 2.02. The van der Waals surface area contributed by atoms with Crippen LogP contribution < -0.4 is 5.32 Å².